The molecule has 0 saturated heterocycles. The van der Waals surface area contributed by atoms with Crippen molar-refractivity contribution in [3.05, 3.63) is 145 Å². The Morgan fingerprint density at radius 2 is 0.786 bits per heavy atom. The average Bonchev–Trinajstić information content (AvgIpc) is 3.76. The van der Waals surface area contributed by atoms with Crippen LogP contribution in [0.1, 0.15) is 50.7 Å². The molecule has 0 spiro atoms. The summed E-state index contributed by atoms with van der Waals surface area (Å²) in [7, 11) is 0. The summed E-state index contributed by atoms with van der Waals surface area (Å²) in [6.07, 6.45) is 6.67. The molecule has 6 heteroatoms. The van der Waals surface area contributed by atoms with Gasteiger partial charge in [0.25, 0.3) is 0 Å². The predicted molar refractivity (Wildman–Crippen MR) is 228 cm³/mol. The molecule has 0 radical (unpaired) electrons. The molecule has 7 aromatic carbocycles. The van der Waals surface area contributed by atoms with Crippen molar-refractivity contribution in [2.75, 3.05) is 9.80 Å². The summed E-state index contributed by atoms with van der Waals surface area (Å²) in [5.74, 6) is 3.24. The number of hydrogen-bond acceptors (Lipinski definition) is 6. The smallest absolute Gasteiger partial charge is 0.152 e. The first-order valence-electron chi connectivity index (χ1n) is 19.9. The van der Waals surface area contributed by atoms with E-state index < -0.39 is 0 Å². The number of ether oxygens (including phenoxy) is 2. The maximum atomic E-state index is 6.70. The molecule has 0 saturated carbocycles. The highest BCUT2D eigenvalue weighted by molar-refractivity contribution is 6.16. The highest BCUT2D eigenvalue weighted by atomic mass is 16.5. The Kier molecular flexibility index (Phi) is 7.59. The second-order valence-corrected chi connectivity index (χ2v) is 15.0. The summed E-state index contributed by atoms with van der Waals surface area (Å²) >= 11 is 0. The molecule has 0 bridgehead atoms. The molecule has 11 rings (SSSR count). The first-order valence-corrected chi connectivity index (χ1v) is 19.9. The van der Waals surface area contributed by atoms with Crippen LogP contribution in [0.2, 0.25) is 0 Å². The molecule has 0 fully saturated rings. The number of hydrogen-bond donors (Lipinski definition) is 0. The van der Waals surface area contributed by atoms with Gasteiger partial charge in [-0.1, -0.05) is 75.2 Å². The van der Waals surface area contributed by atoms with Crippen molar-refractivity contribution in [2.24, 2.45) is 0 Å². The average molecular weight is 733 g/mol. The van der Waals surface area contributed by atoms with Crippen LogP contribution in [0, 0.1) is 0 Å². The zero-order valence-electron chi connectivity index (χ0n) is 31.5. The van der Waals surface area contributed by atoms with Crippen LogP contribution in [0.5, 0.6) is 23.0 Å². The van der Waals surface area contributed by atoms with Gasteiger partial charge in [-0.15, -0.1) is 0 Å². The van der Waals surface area contributed by atoms with Crippen molar-refractivity contribution in [2.45, 2.75) is 52.4 Å². The number of fused-ring (bicyclic) bond motifs is 10. The first-order chi connectivity index (χ1) is 27.6. The van der Waals surface area contributed by atoms with Crippen LogP contribution in [0.15, 0.2) is 142 Å². The lowest BCUT2D eigenvalue weighted by molar-refractivity contribution is 0.477. The lowest BCUT2D eigenvalue weighted by Gasteiger charge is -2.33. The Morgan fingerprint density at radius 1 is 0.393 bits per heavy atom. The standard InChI is InChI=1S/C50H40N2O4/c1-3-5-13-31-19-21-43-39(23-31)51(33-15-9-7-10-16-33)41-29-47-37(27-49(41)53-43)35-25-46-36(26-45(35)55-47)38-28-50-42(30-48(38)56-46)52(34-17-11-8-12-18-34)40-24-32(14-6-4-2)20-22-44(40)54-50/h7-12,15-30H,3-6,13-14H2,1-2H3. The van der Waals surface area contributed by atoms with Gasteiger partial charge in [-0.3, -0.25) is 0 Å². The summed E-state index contributed by atoms with van der Waals surface area (Å²) in [5.41, 5.74) is 11.9. The quantitative estimate of drug-likeness (QED) is 0.155. The van der Waals surface area contributed by atoms with E-state index in [-0.39, 0.29) is 0 Å². The fourth-order valence-corrected chi connectivity index (χ4v) is 8.52. The van der Waals surface area contributed by atoms with Gasteiger partial charge in [-0.2, -0.15) is 0 Å². The van der Waals surface area contributed by atoms with E-state index in [9.17, 15) is 0 Å². The molecule has 0 amide bonds. The monoisotopic (exact) mass is 732 g/mol. The van der Waals surface area contributed by atoms with Crippen molar-refractivity contribution in [1.29, 1.82) is 0 Å². The number of unbranched alkanes of at least 4 members (excludes halogenated alkanes) is 2. The van der Waals surface area contributed by atoms with Gasteiger partial charge >= 0.3 is 0 Å². The van der Waals surface area contributed by atoms with Gasteiger partial charge in [0.1, 0.15) is 22.3 Å². The number of benzene rings is 7. The van der Waals surface area contributed by atoms with Crippen LogP contribution in [0.4, 0.5) is 34.1 Å². The predicted octanol–water partition coefficient (Wildman–Crippen LogP) is 15.3. The highest BCUT2D eigenvalue weighted by Gasteiger charge is 2.30. The van der Waals surface area contributed by atoms with Gasteiger partial charge in [0.2, 0.25) is 0 Å². The maximum Gasteiger partial charge on any atom is 0.152 e. The van der Waals surface area contributed by atoms with Crippen molar-refractivity contribution >= 4 is 78.0 Å². The summed E-state index contributed by atoms with van der Waals surface area (Å²) in [4.78, 5) is 4.59. The van der Waals surface area contributed by atoms with E-state index in [1.54, 1.807) is 0 Å². The molecule has 2 aliphatic heterocycles. The summed E-state index contributed by atoms with van der Waals surface area (Å²) in [6, 6.07) is 46.8. The maximum absolute atomic E-state index is 6.70. The van der Waals surface area contributed by atoms with Crippen LogP contribution in [0.3, 0.4) is 0 Å². The fourth-order valence-electron chi connectivity index (χ4n) is 8.52. The van der Waals surface area contributed by atoms with Crippen LogP contribution < -0.4 is 19.3 Å². The molecule has 0 unspecified atom stereocenters. The van der Waals surface area contributed by atoms with E-state index in [2.05, 4.69) is 157 Å². The van der Waals surface area contributed by atoms with Crippen LogP contribution in [-0.4, -0.2) is 0 Å². The molecule has 56 heavy (non-hydrogen) atoms. The number of para-hydroxylation sites is 2. The van der Waals surface area contributed by atoms with Crippen molar-refractivity contribution in [1.82, 2.24) is 0 Å². The zero-order chi connectivity index (χ0) is 37.3. The van der Waals surface area contributed by atoms with Crippen LogP contribution in [0.25, 0.3) is 43.9 Å². The molecule has 0 atom stereocenters. The first kappa shape index (κ1) is 32.7. The molecule has 274 valence electrons. The Hall–Kier alpha value is -6.66. The van der Waals surface area contributed by atoms with Gasteiger partial charge in [-0.25, -0.2) is 0 Å². The van der Waals surface area contributed by atoms with E-state index >= 15 is 0 Å². The Bertz CT molecular complexity index is 2760. The van der Waals surface area contributed by atoms with E-state index in [1.807, 2.05) is 0 Å². The Morgan fingerprint density at radius 3 is 1.21 bits per heavy atom. The Balaban J connectivity index is 1.04. The molecule has 2 aliphatic rings. The minimum atomic E-state index is 0.783. The molecular weight excluding hydrogens is 693 g/mol. The fraction of sp³-hybridized carbons (Fsp3) is 0.160. The van der Waals surface area contributed by atoms with Gasteiger partial charge in [0.15, 0.2) is 23.0 Å². The third-order valence-electron chi connectivity index (χ3n) is 11.3. The highest BCUT2D eigenvalue weighted by Crippen LogP contribution is 2.55. The number of furan rings is 2. The minimum Gasteiger partial charge on any atom is -0.456 e. The molecule has 4 heterocycles. The Labute approximate surface area is 325 Å². The van der Waals surface area contributed by atoms with Crippen molar-refractivity contribution in [3.8, 4) is 23.0 Å². The van der Waals surface area contributed by atoms with E-state index in [0.717, 1.165) is 140 Å². The van der Waals surface area contributed by atoms with Gasteiger partial charge < -0.3 is 28.1 Å². The van der Waals surface area contributed by atoms with E-state index in [1.165, 1.54) is 11.1 Å². The van der Waals surface area contributed by atoms with Gasteiger partial charge in [0.05, 0.1) is 22.7 Å². The molecule has 6 nitrogen and oxygen atoms in total. The normalized spacial score (nSPS) is 13.1. The third kappa shape index (κ3) is 5.24. The van der Waals surface area contributed by atoms with Gasteiger partial charge in [0, 0.05) is 45.1 Å². The topological polar surface area (TPSA) is 51.2 Å². The number of nitrogens with zero attached hydrogens (tertiary/aromatic N) is 2. The summed E-state index contributed by atoms with van der Waals surface area (Å²) in [6.45, 7) is 4.46. The summed E-state index contributed by atoms with van der Waals surface area (Å²) in [5, 5.41) is 3.90. The zero-order valence-corrected chi connectivity index (χ0v) is 31.5. The largest absolute Gasteiger partial charge is 0.456 e. The molecular formula is C50H40N2O4. The van der Waals surface area contributed by atoms with Gasteiger partial charge in [-0.05, 0) is 110 Å². The third-order valence-corrected chi connectivity index (χ3v) is 11.3. The molecule has 9 aromatic rings. The minimum absolute atomic E-state index is 0.783. The van der Waals surface area contributed by atoms with E-state index in [0.29, 0.717) is 0 Å². The van der Waals surface area contributed by atoms with Crippen LogP contribution >= 0.6 is 0 Å². The van der Waals surface area contributed by atoms with Crippen molar-refractivity contribution < 1.29 is 18.3 Å². The molecule has 0 N–H and O–H groups in total. The number of aryl methyl sites for hydroxylation is 2. The molecule has 0 aliphatic carbocycles. The molecule has 2 aromatic heterocycles. The SMILES string of the molecule is CCCCc1ccc2c(c1)N(c1ccccc1)c1cc3oc4cc5c(cc4c3cc1O2)oc1cc2c(cc15)Oc1ccc(CCCC)cc1N2c1ccccc1. The number of anilines is 6. The van der Waals surface area contributed by atoms with Crippen molar-refractivity contribution in [3.63, 3.8) is 0 Å². The summed E-state index contributed by atoms with van der Waals surface area (Å²) < 4.78 is 26.8. The second-order valence-electron chi connectivity index (χ2n) is 15.0. The second kappa shape index (κ2) is 13.0. The lowest BCUT2D eigenvalue weighted by Crippen LogP contribution is -2.16. The van der Waals surface area contributed by atoms with E-state index in [4.69, 9.17) is 18.3 Å². The lowest BCUT2D eigenvalue weighted by atomic mass is 10.0. The van der Waals surface area contributed by atoms with Crippen LogP contribution in [-0.2, 0) is 12.8 Å². The number of rotatable bonds is 8.